The predicted molar refractivity (Wildman–Crippen MR) is 130 cm³/mol. The van der Waals surface area contributed by atoms with Gasteiger partial charge in [-0.15, -0.1) is 12.4 Å². The number of benzene rings is 2. The van der Waals surface area contributed by atoms with E-state index < -0.39 is 5.97 Å². The summed E-state index contributed by atoms with van der Waals surface area (Å²) < 4.78 is 2.60. The molecule has 1 aromatic heterocycles. The highest BCUT2D eigenvalue weighted by molar-refractivity contribution is 5.88. The smallest absolute Gasteiger partial charge is 0.335 e. The first-order valence-corrected chi connectivity index (χ1v) is 11.3. The number of para-hydroxylation sites is 1. The summed E-state index contributed by atoms with van der Waals surface area (Å²) in [5, 5.41) is 14.0. The summed E-state index contributed by atoms with van der Waals surface area (Å²) in [4.78, 5) is 11.2. The number of carbonyl (C=O) groups is 1. The fourth-order valence-electron chi connectivity index (χ4n) is 4.76. The molecule has 0 bridgehead atoms. The van der Waals surface area contributed by atoms with Crippen molar-refractivity contribution < 1.29 is 9.90 Å². The average molecular weight is 441 g/mol. The molecule has 2 heterocycles. The highest BCUT2D eigenvalue weighted by Gasteiger charge is 2.21. The first-order valence-electron chi connectivity index (χ1n) is 11.3. The maximum atomic E-state index is 11.2. The number of fused-ring (bicyclic) bond motifs is 1. The minimum Gasteiger partial charge on any atom is -0.478 e. The number of halogens is 1. The Morgan fingerprint density at radius 1 is 1.10 bits per heavy atom. The maximum absolute atomic E-state index is 11.2. The van der Waals surface area contributed by atoms with Gasteiger partial charge in [0.15, 0.2) is 0 Å². The van der Waals surface area contributed by atoms with E-state index in [4.69, 9.17) is 0 Å². The molecule has 4 nitrogen and oxygen atoms in total. The van der Waals surface area contributed by atoms with Crippen LogP contribution in [-0.2, 0) is 19.4 Å². The lowest BCUT2D eigenvalue weighted by molar-refractivity contribution is 0.0697. The van der Waals surface area contributed by atoms with Crippen molar-refractivity contribution in [2.45, 2.75) is 52.0 Å². The number of carboxylic acids is 1. The summed E-state index contributed by atoms with van der Waals surface area (Å²) in [5.41, 5.74) is 5.75. The zero-order valence-electron chi connectivity index (χ0n) is 18.3. The van der Waals surface area contributed by atoms with Crippen molar-refractivity contribution >= 4 is 29.3 Å². The molecule has 0 saturated carbocycles. The molecule has 0 spiro atoms. The van der Waals surface area contributed by atoms with Crippen molar-refractivity contribution in [1.29, 1.82) is 0 Å². The molecule has 1 saturated heterocycles. The van der Waals surface area contributed by atoms with E-state index in [2.05, 4.69) is 41.1 Å². The number of hydrogen-bond acceptors (Lipinski definition) is 2. The van der Waals surface area contributed by atoms with Gasteiger partial charge in [-0.05, 0) is 80.4 Å². The van der Waals surface area contributed by atoms with E-state index in [1.807, 2.05) is 12.1 Å². The summed E-state index contributed by atoms with van der Waals surface area (Å²) in [6, 6.07) is 16.2. The zero-order chi connectivity index (χ0) is 20.9. The second kappa shape index (κ2) is 10.8. The first-order chi connectivity index (χ1) is 14.7. The summed E-state index contributed by atoms with van der Waals surface area (Å²) in [7, 11) is 0. The fourth-order valence-corrected chi connectivity index (χ4v) is 4.76. The minimum atomic E-state index is -0.872. The van der Waals surface area contributed by atoms with Crippen LogP contribution in [0.3, 0.4) is 0 Å². The van der Waals surface area contributed by atoms with Gasteiger partial charge in [-0.3, -0.25) is 0 Å². The summed E-state index contributed by atoms with van der Waals surface area (Å²) >= 11 is 0. The highest BCUT2D eigenvalue weighted by atomic mass is 35.5. The molecule has 0 atom stereocenters. The Hall–Kier alpha value is -2.30. The number of aromatic carboxylic acids is 1. The van der Waals surface area contributed by atoms with E-state index in [-0.39, 0.29) is 12.4 Å². The molecule has 1 aliphatic rings. The molecule has 4 rings (SSSR count). The third-order valence-electron chi connectivity index (χ3n) is 6.44. The number of nitrogens with zero attached hydrogens (tertiary/aromatic N) is 1. The van der Waals surface area contributed by atoms with Crippen LogP contribution in [0.4, 0.5) is 0 Å². The van der Waals surface area contributed by atoms with Crippen LogP contribution in [0.2, 0.25) is 0 Å². The molecule has 1 fully saturated rings. The molecular weight excluding hydrogens is 408 g/mol. The van der Waals surface area contributed by atoms with Crippen molar-refractivity contribution in [2.75, 3.05) is 13.1 Å². The first kappa shape index (κ1) is 23.4. The monoisotopic (exact) mass is 440 g/mol. The van der Waals surface area contributed by atoms with Crippen LogP contribution in [-0.4, -0.2) is 28.7 Å². The Kier molecular flexibility index (Phi) is 8.16. The molecule has 0 aliphatic carbocycles. The second-order valence-electron chi connectivity index (χ2n) is 8.53. The molecule has 31 heavy (non-hydrogen) atoms. The van der Waals surface area contributed by atoms with Gasteiger partial charge in [-0.2, -0.15) is 0 Å². The number of hydrogen-bond donors (Lipinski definition) is 2. The van der Waals surface area contributed by atoms with Crippen LogP contribution in [0.15, 0.2) is 48.5 Å². The van der Waals surface area contributed by atoms with Crippen molar-refractivity contribution in [2.24, 2.45) is 5.92 Å². The standard InChI is InChI=1S/C26H32N2O2.ClH/c1-2-3-7-25-23(17-19-9-11-21(12-10-19)26(29)30)22-6-4-5-8-24(22)28(25)18-20-13-15-27-16-14-20;/h4-6,8-12,20,27H,2-3,7,13-18H2,1H3,(H,29,30);1H. The van der Waals surface area contributed by atoms with E-state index in [9.17, 15) is 9.90 Å². The predicted octanol–water partition coefficient (Wildman–Crippen LogP) is 5.69. The lowest BCUT2D eigenvalue weighted by Crippen LogP contribution is -2.30. The van der Waals surface area contributed by atoms with E-state index in [0.29, 0.717) is 5.56 Å². The largest absolute Gasteiger partial charge is 0.478 e. The van der Waals surface area contributed by atoms with E-state index in [1.54, 1.807) is 12.1 Å². The van der Waals surface area contributed by atoms with Gasteiger partial charge in [-0.1, -0.05) is 43.7 Å². The van der Waals surface area contributed by atoms with E-state index in [1.165, 1.54) is 53.4 Å². The summed E-state index contributed by atoms with van der Waals surface area (Å²) in [5.74, 6) is -0.145. The molecule has 2 aromatic carbocycles. The van der Waals surface area contributed by atoms with E-state index >= 15 is 0 Å². The second-order valence-corrected chi connectivity index (χ2v) is 8.53. The topological polar surface area (TPSA) is 54.3 Å². The van der Waals surface area contributed by atoms with Crippen molar-refractivity contribution in [1.82, 2.24) is 9.88 Å². The van der Waals surface area contributed by atoms with Crippen LogP contribution in [0.5, 0.6) is 0 Å². The maximum Gasteiger partial charge on any atom is 0.335 e. The number of unbranched alkanes of at least 4 members (excludes halogenated alkanes) is 1. The van der Waals surface area contributed by atoms with Gasteiger partial charge in [0, 0.05) is 23.1 Å². The average Bonchev–Trinajstić information content (AvgIpc) is 3.06. The van der Waals surface area contributed by atoms with Crippen molar-refractivity contribution in [3.05, 3.63) is 70.9 Å². The molecule has 3 aromatic rings. The Labute approximate surface area is 191 Å². The Bertz CT molecular complexity index is 1000. The van der Waals surface area contributed by atoms with Crippen LogP contribution in [0.1, 0.15) is 59.8 Å². The lowest BCUT2D eigenvalue weighted by Gasteiger charge is -2.25. The SMILES string of the molecule is CCCCc1c(Cc2ccc(C(=O)O)cc2)c2ccccc2n1CC1CCNCC1.Cl. The van der Waals surface area contributed by atoms with Gasteiger partial charge in [0.05, 0.1) is 5.56 Å². The molecule has 5 heteroatoms. The van der Waals surface area contributed by atoms with Crippen molar-refractivity contribution in [3.8, 4) is 0 Å². The number of nitrogens with one attached hydrogen (secondary N) is 1. The fraction of sp³-hybridized carbons (Fsp3) is 0.423. The Balaban J connectivity index is 0.00000272. The molecule has 1 aliphatic heterocycles. The molecule has 0 amide bonds. The molecule has 0 unspecified atom stereocenters. The quantitative estimate of drug-likeness (QED) is 0.472. The number of carboxylic acid groups (broad SMARTS) is 1. The Morgan fingerprint density at radius 3 is 2.48 bits per heavy atom. The van der Waals surface area contributed by atoms with Crippen molar-refractivity contribution in [3.63, 3.8) is 0 Å². The normalized spacial score (nSPS) is 14.5. The van der Waals surface area contributed by atoms with Gasteiger partial charge >= 0.3 is 5.97 Å². The van der Waals surface area contributed by atoms with E-state index in [0.717, 1.165) is 38.4 Å². The Morgan fingerprint density at radius 2 is 1.81 bits per heavy atom. The van der Waals surface area contributed by atoms with Gasteiger partial charge in [0.2, 0.25) is 0 Å². The number of aromatic nitrogens is 1. The summed E-state index contributed by atoms with van der Waals surface area (Å²) in [6.45, 7) is 5.59. The third-order valence-corrected chi connectivity index (χ3v) is 6.44. The third kappa shape index (κ3) is 5.31. The van der Waals surface area contributed by atoms with Crippen LogP contribution < -0.4 is 5.32 Å². The molecule has 166 valence electrons. The minimum absolute atomic E-state index is 0. The van der Waals surface area contributed by atoms with Gasteiger partial charge < -0.3 is 15.0 Å². The summed E-state index contributed by atoms with van der Waals surface area (Å²) in [6.07, 6.45) is 6.80. The number of piperidine rings is 1. The highest BCUT2D eigenvalue weighted by Crippen LogP contribution is 2.31. The van der Waals surface area contributed by atoms with Gasteiger partial charge in [0.1, 0.15) is 0 Å². The lowest BCUT2D eigenvalue weighted by atomic mass is 9.97. The van der Waals surface area contributed by atoms with Crippen LogP contribution in [0.25, 0.3) is 10.9 Å². The number of rotatable bonds is 8. The van der Waals surface area contributed by atoms with Crippen LogP contribution in [0, 0.1) is 5.92 Å². The van der Waals surface area contributed by atoms with Gasteiger partial charge in [0.25, 0.3) is 0 Å². The molecular formula is C26H33ClN2O2. The zero-order valence-corrected chi connectivity index (χ0v) is 19.1. The van der Waals surface area contributed by atoms with Gasteiger partial charge in [-0.25, -0.2) is 4.79 Å². The van der Waals surface area contributed by atoms with Crippen LogP contribution >= 0.6 is 12.4 Å². The molecule has 0 radical (unpaired) electrons. The molecule has 2 N–H and O–H groups in total.